The highest BCUT2D eigenvalue weighted by molar-refractivity contribution is 5.96. The molecule has 7 heteroatoms. The maximum absolute atomic E-state index is 13.6. The van der Waals surface area contributed by atoms with Gasteiger partial charge >= 0.3 is 0 Å². The van der Waals surface area contributed by atoms with Crippen molar-refractivity contribution < 1.29 is 18.4 Å². The highest BCUT2D eigenvalue weighted by Gasteiger charge is 2.49. The standard InChI is InChI=1S/C20H22FN3O3/c1-14-6-7-17(27-14)19(26)23-9-8-20(12-23)13-24(18(25)11-22(20)2)16-5-3-4-15(21)10-16/h3-7,10H,8-9,11-13H2,1-2H3/t20-/m0/s1. The smallest absolute Gasteiger partial charge is 0.289 e. The first-order valence-corrected chi connectivity index (χ1v) is 9.01. The van der Waals surface area contributed by atoms with Gasteiger partial charge in [-0.3, -0.25) is 14.5 Å². The van der Waals surface area contributed by atoms with E-state index in [1.54, 1.807) is 41.0 Å². The highest BCUT2D eigenvalue weighted by Crippen LogP contribution is 2.34. The predicted octanol–water partition coefficient (Wildman–Crippen LogP) is 2.29. The normalized spacial score (nSPS) is 23.4. The second-order valence-corrected chi connectivity index (χ2v) is 7.43. The number of likely N-dealkylation sites (N-methyl/N-ethyl adjacent to an activating group) is 1. The molecule has 142 valence electrons. The Kier molecular flexibility index (Phi) is 4.26. The van der Waals surface area contributed by atoms with Crippen LogP contribution < -0.4 is 4.90 Å². The molecule has 2 aromatic rings. The van der Waals surface area contributed by atoms with Gasteiger partial charge in [-0.05, 0) is 50.7 Å². The van der Waals surface area contributed by atoms with Crippen LogP contribution in [0.15, 0.2) is 40.8 Å². The molecule has 1 aromatic carbocycles. The number of hydrogen-bond acceptors (Lipinski definition) is 4. The summed E-state index contributed by atoms with van der Waals surface area (Å²) in [5.74, 6) is 0.457. The van der Waals surface area contributed by atoms with Gasteiger partial charge in [0, 0.05) is 25.3 Å². The Bertz CT molecular complexity index is 896. The number of amides is 2. The maximum atomic E-state index is 13.6. The second-order valence-electron chi connectivity index (χ2n) is 7.43. The fourth-order valence-electron chi connectivity index (χ4n) is 4.01. The summed E-state index contributed by atoms with van der Waals surface area (Å²) >= 11 is 0. The van der Waals surface area contributed by atoms with Gasteiger partial charge in [0.1, 0.15) is 11.6 Å². The third kappa shape index (κ3) is 3.12. The largest absolute Gasteiger partial charge is 0.456 e. The average molecular weight is 371 g/mol. The van der Waals surface area contributed by atoms with Crippen molar-refractivity contribution in [2.45, 2.75) is 18.9 Å². The van der Waals surface area contributed by atoms with Gasteiger partial charge in [0.2, 0.25) is 5.91 Å². The molecular formula is C20H22FN3O3. The van der Waals surface area contributed by atoms with Crippen LogP contribution in [0.2, 0.25) is 0 Å². The van der Waals surface area contributed by atoms with Crippen LogP contribution >= 0.6 is 0 Å². The van der Waals surface area contributed by atoms with Crippen molar-refractivity contribution in [1.29, 1.82) is 0 Å². The number of hydrogen-bond donors (Lipinski definition) is 0. The van der Waals surface area contributed by atoms with E-state index in [-0.39, 0.29) is 29.7 Å². The number of carbonyl (C=O) groups is 2. The van der Waals surface area contributed by atoms with E-state index in [1.807, 2.05) is 11.9 Å². The number of piperazine rings is 1. The summed E-state index contributed by atoms with van der Waals surface area (Å²) in [6.45, 7) is 3.56. The second kappa shape index (κ2) is 6.49. The quantitative estimate of drug-likeness (QED) is 0.813. The summed E-state index contributed by atoms with van der Waals surface area (Å²) in [6, 6.07) is 9.55. The van der Waals surface area contributed by atoms with Crippen LogP contribution in [0.4, 0.5) is 10.1 Å². The summed E-state index contributed by atoms with van der Waals surface area (Å²) in [5.41, 5.74) is 0.205. The lowest BCUT2D eigenvalue weighted by Crippen LogP contribution is -2.64. The van der Waals surface area contributed by atoms with Crippen molar-refractivity contribution in [3.63, 3.8) is 0 Å². The fourth-order valence-corrected chi connectivity index (χ4v) is 4.01. The summed E-state index contributed by atoms with van der Waals surface area (Å²) in [5, 5.41) is 0. The number of carbonyl (C=O) groups excluding carboxylic acids is 2. The van der Waals surface area contributed by atoms with Gasteiger partial charge in [0.15, 0.2) is 5.76 Å². The van der Waals surface area contributed by atoms with Crippen LogP contribution in [0.25, 0.3) is 0 Å². The van der Waals surface area contributed by atoms with Crippen molar-refractivity contribution in [2.24, 2.45) is 0 Å². The molecule has 4 rings (SSSR count). The highest BCUT2D eigenvalue weighted by atomic mass is 19.1. The van der Waals surface area contributed by atoms with E-state index in [9.17, 15) is 14.0 Å². The molecule has 2 amide bonds. The van der Waals surface area contributed by atoms with E-state index in [0.29, 0.717) is 36.8 Å². The molecule has 2 fully saturated rings. The van der Waals surface area contributed by atoms with Crippen LogP contribution in [0.5, 0.6) is 0 Å². The van der Waals surface area contributed by atoms with Gasteiger partial charge in [0.05, 0.1) is 12.1 Å². The molecule has 2 saturated heterocycles. The van der Waals surface area contributed by atoms with Gasteiger partial charge in [0.25, 0.3) is 5.91 Å². The monoisotopic (exact) mass is 371 g/mol. The Balaban J connectivity index is 1.57. The molecule has 6 nitrogen and oxygen atoms in total. The lowest BCUT2D eigenvalue weighted by atomic mass is 9.92. The summed E-state index contributed by atoms with van der Waals surface area (Å²) in [7, 11) is 1.91. The first-order valence-electron chi connectivity index (χ1n) is 9.01. The number of likely N-dealkylation sites (tertiary alicyclic amines) is 1. The zero-order chi connectivity index (χ0) is 19.2. The lowest BCUT2D eigenvalue weighted by Gasteiger charge is -2.46. The van der Waals surface area contributed by atoms with Gasteiger partial charge < -0.3 is 14.2 Å². The average Bonchev–Trinajstić information content (AvgIpc) is 3.25. The first-order chi connectivity index (χ1) is 12.9. The van der Waals surface area contributed by atoms with Crippen LogP contribution in [0.1, 0.15) is 22.7 Å². The number of benzene rings is 1. The predicted molar refractivity (Wildman–Crippen MR) is 98.1 cm³/mol. The number of anilines is 1. The van der Waals surface area contributed by atoms with Crippen LogP contribution in [0.3, 0.4) is 0 Å². The van der Waals surface area contributed by atoms with Crippen molar-refractivity contribution in [2.75, 3.05) is 38.1 Å². The minimum Gasteiger partial charge on any atom is -0.456 e. The van der Waals surface area contributed by atoms with Crippen molar-refractivity contribution >= 4 is 17.5 Å². The van der Waals surface area contributed by atoms with Crippen LogP contribution in [-0.4, -0.2) is 60.4 Å². The molecule has 1 aromatic heterocycles. The van der Waals surface area contributed by atoms with Crippen molar-refractivity contribution in [3.8, 4) is 0 Å². The molecule has 0 bridgehead atoms. The molecular weight excluding hydrogens is 349 g/mol. The van der Waals surface area contributed by atoms with Crippen LogP contribution in [0, 0.1) is 12.7 Å². The third-order valence-electron chi connectivity index (χ3n) is 5.63. The molecule has 0 radical (unpaired) electrons. The molecule has 2 aliphatic heterocycles. The number of rotatable bonds is 2. The molecule has 1 spiro atoms. The summed E-state index contributed by atoms with van der Waals surface area (Å²) in [6.07, 6.45) is 0.744. The molecule has 27 heavy (non-hydrogen) atoms. The van der Waals surface area contributed by atoms with Gasteiger partial charge in [-0.1, -0.05) is 6.07 Å². The van der Waals surface area contributed by atoms with E-state index in [4.69, 9.17) is 4.42 Å². The molecule has 0 saturated carbocycles. The minimum absolute atomic E-state index is 0.0693. The molecule has 0 aliphatic carbocycles. The lowest BCUT2D eigenvalue weighted by molar-refractivity contribution is -0.123. The number of nitrogens with zero attached hydrogens (tertiary/aromatic N) is 3. The van der Waals surface area contributed by atoms with Gasteiger partial charge in [-0.25, -0.2) is 4.39 Å². The zero-order valence-electron chi connectivity index (χ0n) is 15.4. The van der Waals surface area contributed by atoms with Crippen molar-refractivity contribution in [3.05, 3.63) is 53.7 Å². The van der Waals surface area contributed by atoms with E-state index in [0.717, 1.165) is 6.42 Å². The van der Waals surface area contributed by atoms with Crippen LogP contribution in [-0.2, 0) is 4.79 Å². The summed E-state index contributed by atoms with van der Waals surface area (Å²) < 4.78 is 19.1. The Labute approximate surface area is 157 Å². The molecule has 2 aliphatic rings. The Hall–Kier alpha value is -2.67. The Morgan fingerprint density at radius 2 is 2.04 bits per heavy atom. The third-order valence-corrected chi connectivity index (χ3v) is 5.63. The first kappa shape index (κ1) is 17.7. The van der Waals surface area contributed by atoms with E-state index >= 15 is 0 Å². The minimum atomic E-state index is -0.371. The van der Waals surface area contributed by atoms with Gasteiger partial charge in [-0.15, -0.1) is 0 Å². The number of aryl methyl sites for hydroxylation is 1. The van der Waals surface area contributed by atoms with E-state index < -0.39 is 0 Å². The maximum Gasteiger partial charge on any atom is 0.289 e. The SMILES string of the molecule is Cc1ccc(C(=O)N2CC[C@]3(C2)CN(c2cccc(F)c2)C(=O)CN3C)o1. The van der Waals surface area contributed by atoms with E-state index in [2.05, 4.69) is 0 Å². The number of furan rings is 1. The zero-order valence-corrected chi connectivity index (χ0v) is 15.4. The topological polar surface area (TPSA) is 57.0 Å². The van der Waals surface area contributed by atoms with E-state index in [1.165, 1.54) is 12.1 Å². The molecule has 0 unspecified atom stereocenters. The number of halogens is 1. The Morgan fingerprint density at radius 3 is 2.74 bits per heavy atom. The van der Waals surface area contributed by atoms with Crippen molar-refractivity contribution in [1.82, 2.24) is 9.80 Å². The molecule has 3 heterocycles. The fraction of sp³-hybridized carbons (Fsp3) is 0.400. The van der Waals surface area contributed by atoms with Gasteiger partial charge in [-0.2, -0.15) is 0 Å². The Morgan fingerprint density at radius 1 is 1.22 bits per heavy atom. The molecule has 1 atom stereocenters. The molecule has 0 N–H and O–H groups in total. The summed E-state index contributed by atoms with van der Waals surface area (Å²) in [4.78, 5) is 30.7.